The molecule has 1 aliphatic heterocycles. The van der Waals surface area contributed by atoms with Gasteiger partial charge in [-0.3, -0.25) is 0 Å². The minimum absolute atomic E-state index is 0. The number of aryl methyl sites for hydroxylation is 2. The van der Waals surface area contributed by atoms with Crippen LogP contribution in [0.5, 0.6) is 0 Å². The first-order valence-electron chi connectivity index (χ1n) is 9.44. The molecule has 7 nitrogen and oxygen atoms in total. The van der Waals surface area contributed by atoms with Crippen molar-refractivity contribution in [3.05, 3.63) is 59.3 Å². The van der Waals surface area contributed by atoms with Crippen molar-refractivity contribution in [3.63, 3.8) is 0 Å². The summed E-state index contributed by atoms with van der Waals surface area (Å²) in [5.41, 5.74) is 4.31. The van der Waals surface area contributed by atoms with Crippen molar-refractivity contribution in [1.29, 1.82) is 0 Å². The summed E-state index contributed by atoms with van der Waals surface area (Å²) in [7, 11) is 0. The van der Waals surface area contributed by atoms with E-state index < -0.39 is 0 Å². The number of rotatable bonds is 6. The van der Waals surface area contributed by atoms with Crippen molar-refractivity contribution in [2.75, 3.05) is 18.0 Å². The van der Waals surface area contributed by atoms with Gasteiger partial charge < -0.3 is 10.2 Å². The Kier molecular flexibility index (Phi) is 6.59. The van der Waals surface area contributed by atoms with Crippen LogP contribution in [0.4, 0.5) is 5.95 Å². The normalized spacial score (nSPS) is 13.6. The molecule has 28 heavy (non-hydrogen) atoms. The number of hydrogen-bond donors (Lipinski definition) is 1. The maximum atomic E-state index is 4.53. The lowest BCUT2D eigenvalue weighted by molar-refractivity contribution is 0.684. The molecule has 0 bridgehead atoms. The van der Waals surface area contributed by atoms with Gasteiger partial charge in [-0.2, -0.15) is 5.10 Å². The number of nitrogens with one attached hydrogen (secondary N) is 1. The Morgan fingerprint density at radius 2 is 1.61 bits per heavy atom. The van der Waals surface area contributed by atoms with Crippen molar-refractivity contribution in [3.8, 4) is 5.82 Å². The van der Waals surface area contributed by atoms with Crippen LogP contribution in [0.2, 0.25) is 0 Å². The molecule has 8 heteroatoms. The van der Waals surface area contributed by atoms with Gasteiger partial charge in [-0.15, -0.1) is 12.4 Å². The van der Waals surface area contributed by atoms with Gasteiger partial charge in [-0.1, -0.05) is 6.07 Å². The average molecular weight is 400 g/mol. The van der Waals surface area contributed by atoms with Crippen LogP contribution in [0.3, 0.4) is 0 Å². The molecule has 0 spiro atoms. The van der Waals surface area contributed by atoms with Crippen LogP contribution in [0, 0.1) is 13.8 Å². The first-order valence-corrected chi connectivity index (χ1v) is 9.44. The summed E-state index contributed by atoms with van der Waals surface area (Å²) in [6, 6.07) is 6.14. The summed E-state index contributed by atoms with van der Waals surface area (Å²) < 4.78 is 1.87. The molecule has 3 aromatic heterocycles. The predicted molar refractivity (Wildman–Crippen MR) is 112 cm³/mol. The van der Waals surface area contributed by atoms with Gasteiger partial charge in [0.25, 0.3) is 0 Å². The largest absolute Gasteiger partial charge is 0.341 e. The number of hydrogen-bond acceptors (Lipinski definition) is 6. The molecule has 0 aliphatic carbocycles. The van der Waals surface area contributed by atoms with E-state index in [2.05, 4.69) is 36.3 Å². The van der Waals surface area contributed by atoms with Crippen LogP contribution in [-0.4, -0.2) is 37.8 Å². The second-order valence-corrected chi connectivity index (χ2v) is 7.05. The van der Waals surface area contributed by atoms with Crippen LogP contribution in [0.25, 0.3) is 5.82 Å². The van der Waals surface area contributed by atoms with E-state index in [-0.39, 0.29) is 12.4 Å². The number of anilines is 1. The standard InChI is InChI=1S/C20H25N7.ClH/c1-15-9-16(2)27(25-15)19-6-5-17(12-22-19)10-21-11-18-13-23-20(24-14-18)26-7-3-4-8-26;/h5-6,9,12-14,21H,3-4,7-8,10-11H2,1-2H3;1H. The van der Waals surface area contributed by atoms with Gasteiger partial charge in [-0.25, -0.2) is 19.6 Å². The quantitative estimate of drug-likeness (QED) is 0.687. The zero-order valence-electron chi connectivity index (χ0n) is 16.3. The predicted octanol–water partition coefficient (Wildman–Crippen LogP) is 2.99. The van der Waals surface area contributed by atoms with Crippen molar-refractivity contribution >= 4 is 18.4 Å². The lowest BCUT2D eigenvalue weighted by Crippen LogP contribution is -2.20. The van der Waals surface area contributed by atoms with E-state index in [4.69, 9.17) is 0 Å². The highest BCUT2D eigenvalue weighted by molar-refractivity contribution is 5.85. The van der Waals surface area contributed by atoms with Gasteiger partial charge in [0.1, 0.15) is 0 Å². The highest BCUT2D eigenvalue weighted by Gasteiger charge is 2.14. The topological polar surface area (TPSA) is 71.8 Å². The van der Waals surface area contributed by atoms with Crippen molar-refractivity contribution in [2.45, 2.75) is 39.8 Å². The van der Waals surface area contributed by atoms with E-state index in [0.29, 0.717) is 0 Å². The van der Waals surface area contributed by atoms with E-state index in [1.54, 1.807) is 0 Å². The second-order valence-electron chi connectivity index (χ2n) is 7.05. The number of halogens is 1. The van der Waals surface area contributed by atoms with Crippen molar-refractivity contribution in [2.24, 2.45) is 0 Å². The molecule has 0 atom stereocenters. The summed E-state index contributed by atoms with van der Waals surface area (Å²) >= 11 is 0. The molecule has 4 heterocycles. The minimum Gasteiger partial charge on any atom is -0.341 e. The Morgan fingerprint density at radius 1 is 0.929 bits per heavy atom. The summed E-state index contributed by atoms with van der Waals surface area (Å²) in [5, 5.41) is 7.89. The second kappa shape index (κ2) is 9.12. The van der Waals surface area contributed by atoms with Crippen LogP contribution in [0.1, 0.15) is 35.4 Å². The van der Waals surface area contributed by atoms with E-state index in [9.17, 15) is 0 Å². The van der Waals surface area contributed by atoms with Gasteiger partial charge >= 0.3 is 0 Å². The molecule has 1 N–H and O–H groups in total. The number of nitrogens with zero attached hydrogens (tertiary/aromatic N) is 6. The summed E-state index contributed by atoms with van der Waals surface area (Å²) in [6.45, 7) is 7.64. The molecule has 0 amide bonds. The van der Waals surface area contributed by atoms with Gasteiger partial charge in [0.15, 0.2) is 5.82 Å². The van der Waals surface area contributed by atoms with Gasteiger partial charge in [0, 0.05) is 56.0 Å². The molecule has 1 saturated heterocycles. The third kappa shape index (κ3) is 4.66. The van der Waals surface area contributed by atoms with Crippen molar-refractivity contribution < 1.29 is 0 Å². The third-order valence-electron chi connectivity index (χ3n) is 4.77. The van der Waals surface area contributed by atoms with Crippen LogP contribution in [-0.2, 0) is 13.1 Å². The monoisotopic (exact) mass is 399 g/mol. The molecular weight excluding hydrogens is 374 g/mol. The van der Waals surface area contributed by atoms with Crippen molar-refractivity contribution in [1.82, 2.24) is 30.0 Å². The third-order valence-corrected chi connectivity index (χ3v) is 4.77. The van der Waals surface area contributed by atoms with E-state index in [1.165, 1.54) is 12.8 Å². The molecule has 3 aromatic rings. The average Bonchev–Trinajstić information content (AvgIpc) is 3.33. The fourth-order valence-electron chi connectivity index (χ4n) is 3.38. The summed E-state index contributed by atoms with van der Waals surface area (Å²) in [6.07, 6.45) is 8.19. The number of aromatic nitrogens is 5. The zero-order valence-corrected chi connectivity index (χ0v) is 17.1. The first kappa shape index (κ1) is 20.2. The Labute approximate surface area is 171 Å². The Balaban J connectivity index is 0.00000225. The first-order chi connectivity index (χ1) is 13.2. The van der Waals surface area contributed by atoms with E-state index in [0.717, 1.165) is 60.5 Å². The fourth-order valence-corrected chi connectivity index (χ4v) is 3.38. The highest BCUT2D eigenvalue weighted by atomic mass is 35.5. The molecule has 0 saturated carbocycles. The van der Waals surface area contributed by atoms with Crippen LogP contribution in [0.15, 0.2) is 36.8 Å². The number of pyridine rings is 1. The van der Waals surface area contributed by atoms with Gasteiger partial charge in [0.05, 0.1) is 5.69 Å². The molecule has 4 rings (SSSR count). The zero-order chi connectivity index (χ0) is 18.6. The minimum atomic E-state index is 0. The smallest absolute Gasteiger partial charge is 0.225 e. The van der Waals surface area contributed by atoms with E-state index >= 15 is 0 Å². The summed E-state index contributed by atoms with van der Waals surface area (Å²) in [5.74, 6) is 1.69. The Hall–Kier alpha value is -2.51. The van der Waals surface area contributed by atoms with Crippen LogP contribution >= 0.6 is 12.4 Å². The Bertz CT molecular complexity index is 884. The van der Waals surface area contributed by atoms with E-state index in [1.807, 2.05) is 49.3 Å². The molecule has 0 radical (unpaired) electrons. The van der Waals surface area contributed by atoms with Gasteiger partial charge in [-0.05, 0) is 44.4 Å². The maximum absolute atomic E-state index is 4.53. The molecule has 0 aromatic carbocycles. The molecule has 1 aliphatic rings. The molecule has 148 valence electrons. The maximum Gasteiger partial charge on any atom is 0.225 e. The lowest BCUT2D eigenvalue weighted by atomic mass is 10.2. The van der Waals surface area contributed by atoms with Crippen LogP contribution < -0.4 is 10.2 Å². The molecular formula is C20H26ClN7. The molecule has 1 fully saturated rings. The fraction of sp³-hybridized carbons (Fsp3) is 0.400. The van der Waals surface area contributed by atoms with Gasteiger partial charge in [0.2, 0.25) is 5.95 Å². The molecule has 0 unspecified atom stereocenters. The lowest BCUT2D eigenvalue weighted by Gasteiger charge is -2.14. The SMILES string of the molecule is Cc1cc(C)n(-c2ccc(CNCc3cnc(N4CCCC4)nc3)cn2)n1.Cl. The highest BCUT2D eigenvalue weighted by Crippen LogP contribution is 2.15. The summed E-state index contributed by atoms with van der Waals surface area (Å²) in [4.78, 5) is 15.8. The Morgan fingerprint density at radius 3 is 2.21 bits per heavy atom.